The topological polar surface area (TPSA) is 167 Å². The maximum absolute atomic E-state index is 14.3. The van der Waals surface area contributed by atoms with Crippen molar-refractivity contribution in [2.45, 2.75) is 76.0 Å². The van der Waals surface area contributed by atoms with Crippen molar-refractivity contribution in [1.29, 1.82) is 0 Å². The van der Waals surface area contributed by atoms with Crippen LogP contribution in [0, 0.1) is 23.2 Å². The Morgan fingerprint density at radius 2 is 1.88 bits per heavy atom. The first-order valence-electron chi connectivity index (χ1n) is 22.4. The third-order valence-electron chi connectivity index (χ3n) is 14.0. The number of imide groups is 1. The summed E-state index contributed by atoms with van der Waals surface area (Å²) in [4.78, 5) is 62.3. The summed E-state index contributed by atoms with van der Waals surface area (Å²) < 4.78 is 66.1. The molecule has 1 aromatic carbocycles. The van der Waals surface area contributed by atoms with E-state index in [2.05, 4.69) is 47.5 Å². The number of hydrogen-bond donors (Lipinski definition) is 2. The van der Waals surface area contributed by atoms with Crippen LogP contribution < -0.4 is 21.2 Å². The van der Waals surface area contributed by atoms with Crippen LogP contribution in [0.15, 0.2) is 58.5 Å². The fourth-order valence-electron chi connectivity index (χ4n) is 10.4. The minimum absolute atomic E-state index is 0.0283. The number of carbonyl (C=O) groups is 3. The number of ether oxygens (including phenoxy) is 1. The quantitative estimate of drug-likeness (QED) is 0.110. The number of alkyl halides is 4. The number of fused-ring (bicyclic) bond motifs is 2. The van der Waals surface area contributed by atoms with Gasteiger partial charge in [-0.3, -0.25) is 38.6 Å². The maximum Gasteiger partial charge on any atom is 0.329 e. The summed E-state index contributed by atoms with van der Waals surface area (Å²) in [6.45, 7) is 4.54. The van der Waals surface area contributed by atoms with E-state index in [0.717, 1.165) is 58.3 Å². The van der Waals surface area contributed by atoms with Crippen LogP contribution in [-0.2, 0) is 21.4 Å². The molecule has 3 unspecified atom stereocenters. The average Bonchev–Trinajstić information content (AvgIpc) is 3.52. The SMILES string of the molecule is Cn1c(=O)n(C2CCC(=O)NC2=O)c2cccc(C#CCN3CCN(C4CC45CCC(/C=[N+]4\C=C(NC(=O)c6cnn7ccc(N8CCOC(C(F)F)C8)nc67)C(C(F)F)=N4)CC5)CC3)c21. The van der Waals surface area contributed by atoms with E-state index in [0.29, 0.717) is 41.5 Å². The van der Waals surface area contributed by atoms with E-state index in [4.69, 9.17) is 4.74 Å². The normalized spacial score (nSPS) is 26.9. The molecule has 3 atom stereocenters. The van der Waals surface area contributed by atoms with Crippen molar-refractivity contribution in [3.63, 3.8) is 0 Å². The molecule has 10 rings (SSSR count). The van der Waals surface area contributed by atoms with Gasteiger partial charge < -0.3 is 15.0 Å². The number of para-hydroxylation sites is 1. The summed E-state index contributed by atoms with van der Waals surface area (Å²) in [7, 11) is 1.67. The number of morpholine rings is 1. The van der Waals surface area contributed by atoms with Crippen molar-refractivity contribution in [3.8, 4) is 11.8 Å². The van der Waals surface area contributed by atoms with Crippen LogP contribution >= 0.6 is 0 Å². The minimum Gasteiger partial charge on any atom is -0.369 e. The van der Waals surface area contributed by atoms with Crippen molar-refractivity contribution in [2.24, 2.45) is 23.5 Å². The molecule has 66 heavy (non-hydrogen) atoms. The summed E-state index contributed by atoms with van der Waals surface area (Å²) in [5, 5.41) is 13.2. The molecule has 6 aliphatic rings. The van der Waals surface area contributed by atoms with Gasteiger partial charge in [-0.15, -0.1) is 0 Å². The smallest absolute Gasteiger partial charge is 0.329 e. The second-order valence-corrected chi connectivity index (χ2v) is 18.0. The van der Waals surface area contributed by atoms with Crippen molar-refractivity contribution in [3.05, 3.63) is 70.2 Å². The molecule has 4 aliphatic heterocycles. The van der Waals surface area contributed by atoms with E-state index in [-0.39, 0.29) is 65.8 Å². The number of aromatic nitrogens is 5. The van der Waals surface area contributed by atoms with Crippen molar-refractivity contribution >= 4 is 52.1 Å². The summed E-state index contributed by atoms with van der Waals surface area (Å²) in [6, 6.07) is 6.86. The first-order chi connectivity index (χ1) is 31.9. The molecule has 3 aromatic heterocycles. The number of piperazine rings is 1. The van der Waals surface area contributed by atoms with E-state index in [1.165, 1.54) is 30.7 Å². The number of rotatable bonds is 9. The van der Waals surface area contributed by atoms with E-state index in [9.17, 15) is 36.7 Å². The number of carbonyl (C=O) groups excluding carboxylic acids is 3. The molecule has 5 fully saturated rings. The van der Waals surface area contributed by atoms with Crippen LogP contribution in [0.1, 0.15) is 66.9 Å². The summed E-state index contributed by atoms with van der Waals surface area (Å²) in [5.41, 5.74) is 1.38. The van der Waals surface area contributed by atoms with E-state index in [1.807, 2.05) is 18.3 Å². The number of piperidine rings is 1. The predicted molar refractivity (Wildman–Crippen MR) is 233 cm³/mol. The van der Waals surface area contributed by atoms with Crippen LogP contribution in [0.2, 0.25) is 0 Å². The Hall–Kier alpha value is -6.24. The number of nitrogens with one attached hydrogen (secondary N) is 2. The Kier molecular flexibility index (Phi) is 11.6. The molecule has 2 N–H and O–H groups in total. The van der Waals surface area contributed by atoms with Gasteiger partial charge in [0.1, 0.15) is 29.2 Å². The highest BCUT2D eigenvalue weighted by molar-refractivity contribution is 6.09. The zero-order valence-electron chi connectivity index (χ0n) is 36.2. The molecule has 1 spiro atoms. The minimum atomic E-state index is -2.94. The Bertz CT molecular complexity index is 2820. The highest BCUT2D eigenvalue weighted by Gasteiger charge is 2.57. The second kappa shape index (κ2) is 17.5. The van der Waals surface area contributed by atoms with Gasteiger partial charge in [0, 0.05) is 69.5 Å². The van der Waals surface area contributed by atoms with Crippen LogP contribution in [0.3, 0.4) is 0 Å². The van der Waals surface area contributed by atoms with Crippen molar-refractivity contribution in [2.75, 3.05) is 57.3 Å². The Balaban J connectivity index is 0.724. The molecule has 21 heteroatoms. The van der Waals surface area contributed by atoms with Crippen LogP contribution in [-0.4, -0.2) is 145 Å². The third-order valence-corrected chi connectivity index (χ3v) is 14.0. The molecule has 3 amide bonds. The van der Waals surface area contributed by atoms with E-state index < -0.39 is 42.5 Å². The summed E-state index contributed by atoms with van der Waals surface area (Å²) in [5.74, 6) is 5.55. The van der Waals surface area contributed by atoms with Crippen LogP contribution in [0.4, 0.5) is 23.4 Å². The number of anilines is 1. The molecule has 3 saturated heterocycles. The zero-order chi connectivity index (χ0) is 45.9. The molecule has 0 bridgehead atoms. The van der Waals surface area contributed by atoms with Gasteiger partial charge in [0.2, 0.25) is 23.7 Å². The lowest BCUT2D eigenvalue weighted by molar-refractivity contribution is -0.456. The molecule has 4 aromatic rings. The van der Waals surface area contributed by atoms with Gasteiger partial charge >= 0.3 is 5.69 Å². The Morgan fingerprint density at radius 3 is 2.64 bits per heavy atom. The fourth-order valence-corrected chi connectivity index (χ4v) is 10.4. The standard InChI is InChI=1S/C45H48F4N12O5/c1-55-38-28(4-2-6-31(38)61(44(55)65)32-7-8-36(62)53-43(32)64)5-3-14-56-16-18-57(19-17-56)34-22-45(34)12-9-27(10-13-45)24-59-25-30(37(54-59)40(48)49)51-42(63)29-23-50-60-15-11-35(52-41(29)60)58-20-21-66-33(26-58)39(46)47/h2,4,6,11,15,23-25,27,32-34,39-40H,7-10,12-14,16-22,26H2,1H3,(H-,51,53,62,63,64)/p+1/b59-24+. The Morgan fingerprint density at radius 1 is 1.08 bits per heavy atom. The third kappa shape index (κ3) is 8.30. The summed E-state index contributed by atoms with van der Waals surface area (Å²) in [6.07, 6.45) is 4.62. The Labute approximate surface area is 375 Å². The van der Waals surface area contributed by atoms with Gasteiger partial charge in [-0.1, -0.05) is 22.6 Å². The highest BCUT2D eigenvalue weighted by Crippen LogP contribution is 2.59. The summed E-state index contributed by atoms with van der Waals surface area (Å²) >= 11 is 0. The number of nitrogens with zero attached hydrogens (tertiary/aromatic N) is 10. The van der Waals surface area contributed by atoms with Gasteiger partial charge in [-0.05, 0) is 62.1 Å². The maximum atomic E-state index is 14.3. The largest absolute Gasteiger partial charge is 0.369 e. The molecule has 2 aliphatic carbocycles. The van der Waals surface area contributed by atoms with Gasteiger partial charge in [-0.25, -0.2) is 31.9 Å². The zero-order valence-corrected chi connectivity index (χ0v) is 36.2. The molecular formula is C45H49F4N12O5+. The number of allylic oxidation sites excluding steroid dienone is 1. The predicted octanol–water partition coefficient (Wildman–Crippen LogP) is 2.74. The van der Waals surface area contributed by atoms with E-state index >= 15 is 0 Å². The lowest BCUT2D eigenvalue weighted by Crippen LogP contribution is -2.48. The second-order valence-electron chi connectivity index (χ2n) is 18.0. The number of hydrogen-bond acceptors (Lipinski definition) is 11. The molecule has 346 valence electrons. The average molecular weight is 914 g/mol. The van der Waals surface area contributed by atoms with Crippen molar-refractivity contribution in [1.82, 2.24) is 44.2 Å². The first-order valence-corrected chi connectivity index (χ1v) is 22.4. The number of amides is 3. The number of aryl methyl sites for hydroxylation is 1. The lowest BCUT2D eigenvalue weighted by atomic mass is 9.79. The number of benzene rings is 1. The first kappa shape index (κ1) is 43.6. The molecule has 0 radical (unpaired) electrons. The molecule has 17 nitrogen and oxygen atoms in total. The monoisotopic (exact) mass is 913 g/mol. The van der Waals surface area contributed by atoms with Crippen LogP contribution in [0.25, 0.3) is 16.7 Å². The lowest BCUT2D eigenvalue weighted by Gasteiger charge is -2.36. The number of hydrazone groups is 1. The van der Waals surface area contributed by atoms with Crippen molar-refractivity contribution < 1.29 is 41.4 Å². The van der Waals surface area contributed by atoms with Gasteiger partial charge in [0.25, 0.3) is 18.8 Å². The molecule has 7 heterocycles. The number of halogens is 4. The van der Waals surface area contributed by atoms with E-state index in [1.54, 1.807) is 30.3 Å². The molecule has 2 saturated carbocycles. The molecular weight excluding hydrogens is 865 g/mol. The van der Waals surface area contributed by atoms with Gasteiger partial charge in [-0.2, -0.15) is 5.10 Å². The highest BCUT2D eigenvalue weighted by atomic mass is 19.3. The fraction of sp³-hybridized carbons (Fsp3) is 0.511. The van der Waals surface area contributed by atoms with Crippen LogP contribution in [0.5, 0.6) is 0 Å². The van der Waals surface area contributed by atoms with Gasteiger partial charge in [0.05, 0.1) is 42.5 Å². The van der Waals surface area contributed by atoms with Gasteiger partial charge in [0.15, 0.2) is 11.9 Å². The number of imidazole rings is 1.